The quantitative estimate of drug-likeness (QED) is 0.671. The van der Waals surface area contributed by atoms with Crippen molar-refractivity contribution < 1.29 is 19.7 Å². The molecule has 4 nitrogen and oxygen atoms in total. The van der Waals surface area contributed by atoms with Crippen LogP contribution in [0.4, 0.5) is 0 Å². The molecule has 0 aliphatic heterocycles. The Labute approximate surface area is 176 Å². The summed E-state index contributed by atoms with van der Waals surface area (Å²) in [6.45, 7) is 7.12. The van der Waals surface area contributed by atoms with E-state index >= 15 is 0 Å². The van der Waals surface area contributed by atoms with Gasteiger partial charge in [-0.3, -0.25) is 4.79 Å². The van der Waals surface area contributed by atoms with E-state index in [1.54, 1.807) is 0 Å². The minimum absolute atomic E-state index is 0.0198. The maximum absolute atomic E-state index is 11.6. The van der Waals surface area contributed by atoms with Gasteiger partial charge in [0.1, 0.15) is 0 Å². The summed E-state index contributed by atoms with van der Waals surface area (Å²) in [5.74, 6) is 3.36. The first-order valence-electron chi connectivity index (χ1n) is 12.1. The number of rotatable bonds is 4. The molecular weight excluding hydrogens is 364 g/mol. The van der Waals surface area contributed by atoms with Crippen LogP contribution in [0, 0.1) is 46.3 Å². The summed E-state index contributed by atoms with van der Waals surface area (Å²) in [6, 6.07) is 0. The van der Waals surface area contributed by atoms with Gasteiger partial charge in [-0.2, -0.15) is 0 Å². The molecule has 166 valence electrons. The summed E-state index contributed by atoms with van der Waals surface area (Å²) in [6.07, 6.45) is 9.86. The Kier molecular flexibility index (Phi) is 5.83. The van der Waals surface area contributed by atoms with Crippen LogP contribution in [0.2, 0.25) is 0 Å². The Morgan fingerprint density at radius 2 is 1.83 bits per heavy atom. The number of methoxy groups -OCH3 is 1. The molecule has 4 saturated carbocycles. The summed E-state index contributed by atoms with van der Waals surface area (Å²) < 4.78 is 4.85. The first kappa shape index (κ1) is 21.6. The van der Waals surface area contributed by atoms with Crippen molar-refractivity contribution in [1.29, 1.82) is 0 Å². The fourth-order valence-corrected chi connectivity index (χ4v) is 8.81. The van der Waals surface area contributed by atoms with Gasteiger partial charge in [0.05, 0.1) is 19.3 Å². The fraction of sp³-hybridized carbons (Fsp3) is 0.960. The van der Waals surface area contributed by atoms with Gasteiger partial charge in [-0.25, -0.2) is 0 Å². The van der Waals surface area contributed by atoms with E-state index in [-0.39, 0.29) is 23.6 Å². The lowest BCUT2D eigenvalue weighted by atomic mass is 9.43. The molecule has 4 heteroatoms. The summed E-state index contributed by atoms with van der Waals surface area (Å²) >= 11 is 0. The summed E-state index contributed by atoms with van der Waals surface area (Å²) in [7, 11) is 1.46. The van der Waals surface area contributed by atoms with Crippen LogP contribution < -0.4 is 0 Å². The van der Waals surface area contributed by atoms with Crippen LogP contribution in [0.1, 0.15) is 85.0 Å². The molecule has 0 aromatic heterocycles. The molecule has 0 aromatic carbocycles. The largest absolute Gasteiger partial charge is 0.469 e. The van der Waals surface area contributed by atoms with E-state index in [1.165, 1.54) is 32.8 Å². The third-order valence-corrected chi connectivity index (χ3v) is 10.5. The highest BCUT2D eigenvalue weighted by atomic mass is 16.5. The summed E-state index contributed by atoms with van der Waals surface area (Å²) in [5, 5.41) is 21.8. The number of carbonyl (C=O) groups excluding carboxylic acids is 1. The van der Waals surface area contributed by atoms with Crippen molar-refractivity contribution in [2.24, 2.45) is 46.3 Å². The first-order valence-corrected chi connectivity index (χ1v) is 12.1. The lowest BCUT2D eigenvalue weighted by molar-refractivity contribution is -0.175. The molecule has 29 heavy (non-hydrogen) atoms. The van der Waals surface area contributed by atoms with E-state index in [1.807, 2.05) is 0 Å². The van der Waals surface area contributed by atoms with Gasteiger partial charge in [-0.15, -0.1) is 0 Å². The number of ether oxygens (including phenoxy) is 1. The highest BCUT2D eigenvalue weighted by Gasteiger charge is 2.63. The molecule has 2 unspecified atom stereocenters. The number of hydrogen-bond donors (Lipinski definition) is 2. The zero-order valence-corrected chi connectivity index (χ0v) is 18.9. The van der Waals surface area contributed by atoms with Gasteiger partial charge in [0.25, 0.3) is 0 Å². The van der Waals surface area contributed by atoms with Crippen LogP contribution in [0.3, 0.4) is 0 Å². The number of carbonyl (C=O) groups is 1. The van der Waals surface area contributed by atoms with E-state index in [2.05, 4.69) is 20.8 Å². The molecule has 0 bridgehead atoms. The fourth-order valence-electron chi connectivity index (χ4n) is 8.81. The Morgan fingerprint density at radius 3 is 2.55 bits per heavy atom. The SMILES string of the molecule is COC(=O)CC[C@@H](C)C1CC[C@H]2C3CC[C@@H]4C[C@H](O)CC[C@]4(C)[C@H]3C[C@H](O)[C@]12C. The Hall–Kier alpha value is -0.610. The zero-order chi connectivity index (χ0) is 21.0. The van der Waals surface area contributed by atoms with Crippen LogP contribution >= 0.6 is 0 Å². The van der Waals surface area contributed by atoms with E-state index in [0.717, 1.165) is 38.0 Å². The standard InChI is InChI=1S/C25H42O4/c1-15(5-10-23(28)29-4)19-8-9-20-18-7-6-16-13-17(26)11-12-24(16,2)21(18)14-22(27)25(19,20)3/h15-22,26-27H,5-14H2,1-4H3/t15-,16-,17-,18?,19?,20+,21+,22+,24+,25-/m1/s1. The van der Waals surface area contributed by atoms with E-state index in [9.17, 15) is 15.0 Å². The van der Waals surface area contributed by atoms with Crippen molar-refractivity contribution in [3.8, 4) is 0 Å². The second-order valence-electron chi connectivity index (χ2n) is 11.5. The highest BCUT2D eigenvalue weighted by molar-refractivity contribution is 5.69. The molecule has 4 aliphatic rings. The number of fused-ring (bicyclic) bond motifs is 5. The van der Waals surface area contributed by atoms with Gasteiger partial charge in [-0.1, -0.05) is 20.8 Å². The molecule has 0 saturated heterocycles. The van der Waals surface area contributed by atoms with Crippen molar-refractivity contribution in [3.63, 3.8) is 0 Å². The van der Waals surface area contributed by atoms with Crippen LogP contribution in [-0.2, 0) is 9.53 Å². The zero-order valence-electron chi connectivity index (χ0n) is 18.9. The van der Waals surface area contributed by atoms with Crippen molar-refractivity contribution in [3.05, 3.63) is 0 Å². The molecule has 4 fully saturated rings. The number of aliphatic hydroxyl groups is 2. The summed E-state index contributed by atoms with van der Waals surface area (Å²) in [4.78, 5) is 11.6. The van der Waals surface area contributed by atoms with Gasteiger partial charge in [0.15, 0.2) is 0 Å². The van der Waals surface area contributed by atoms with Gasteiger partial charge in [0.2, 0.25) is 0 Å². The summed E-state index contributed by atoms with van der Waals surface area (Å²) in [5.41, 5.74) is 0.271. The molecule has 10 atom stereocenters. The van der Waals surface area contributed by atoms with E-state index < -0.39 is 0 Å². The topological polar surface area (TPSA) is 66.8 Å². The molecule has 4 rings (SSSR count). The maximum atomic E-state index is 11.6. The van der Waals surface area contributed by atoms with E-state index in [0.29, 0.717) is 41.4 Å². The average Bonchev–Trinajstić information content (AvgIpc) is 3.06. The van der Waals surface area contributed by atoms with Gasteiger partial charge < -0.3 is 14.9 Å². The molecule has 0 amide bonds. The van der Waals surface area contributed by atoms with Crippen LogP contribution in [0.5, 0.6) is 0 Å². The number of aliphatic hydroxyl groups excluding tert-OH is 2. The minimum atomic E-state index is -0.246. The van der Waals surface area contributed by atoms with Gasteiger partial charge in [-0.05, 0) is 104 Å². The molecule has 0 spiro atoms. The first-order chi connectivity index (χ1) is 13.7. The Balaban J connectivity index is 1.53. The van der Waals surface area contributed by atoms with Crippen molar-refractivity contribution in [1.82, 2.24) is 0 Å². The van der Waals surface area contributed by atoms with Crippen LogP contribution in [0.15, 0.2) is 0 Å². The average molecular weight is 407 g/mol. The lowest BCUT2D eigenvalue weighted by Crippen LogP contribution is -2.58. The lowest BCUT2D eigenvalue weighted by Gasteiger charge is -2.62. The predicted molar refractivity (Wildman–Crippen MR) is 113 cm³/mol. The molecular formula is C25H42O4. The Bertz CT molecular complexity index is 620. The third kappa shape index (κ3) is 3.37. The van der Waals surface area contributed by atoms with Crippen LogP contribution in [-0.4, -0.2) is 35.5 Å². The third-order valence-electron chi connectivity index (χ3n) is 10.5. The van der Waals surface area contributed by atoms with E-state index in [4.69, 9.17) is 4.74 Å². The molecule has 2 N–H and O–H groups in total. The van der Waals surface area contributed by atoms with Crippen molar-refractivity contribution >= 4 is 5.97 Å². The maximum Gasteiger partial charge on any atom is 0.305 e. The monoisotopic (exact) mass is 406 g/mol. The van der Waals surface area contributed by atoms with Gasteiger partial charge >= 0.3 is 5.97 Å². The van der Waals surface area contributed by atoms with Crippen LogP contribution in [0.25, 0.3) is 0 Å². The minimum Gasteiger partial charge on any atom is -0.469 e. The second kappa shape index (κ2) is 7.82. The second-order valence-corrected chi connectivity index (χ2v) is 11.5. The smallest absolute Gasteiger partial charge is 0.305 e. The number of esters is 1. The molecule has 4 aliphatic carbocycles. The normalized spacial score (nSPS) is 50.2. The van der Waals surface area contributed by atoms with Crippen molar-refractivity contribution in [2.75, 3.05) is 7.11 Å². The molecule has 0 aromatic rings. The number of hydrogen-bond acceptors (Lipinski definition) is 4. The Morgan fingerprint density at radius 1 is 1.07 bits per heavy atom. The molecule has 0 heterocycles. The molecule has 0 radical (unpaired) electrons. The predicted octanol–water partition coefficient (Wildman–Crippen LogP) is 4.57. The highest BCUT2D eigenvalue weighted by Crippen LogP contribution is 2.68. The van der Waals surface area contributed by atoms with Gasteiger partial charge in [0, 0.05) is 6.42 Å². The van der Waals surface area contributed by atoms with Crippen molar-refractivity contribution in [2.45, 2.75) is 97.2 Å².